The van der Waals surface area contributed by atoms with Crippen LogP contribution in [0, 0.1) is 5.92 Å². The zero-order valence-electron chi connectivity index (χ0n) is 15.9. The summed E-state index contributed by atoms with van der Waals surface area (Å²) in [5, 5.41) is 3.96. The normalized spacial score (nSPS) is 18.3. The lowest BCUT2D eigenvalue weighted by atomic mass is 10.0. The molecule has 3 aromatic rings. The number of carbonyl (C=O) groups excluding carboxylic acids is 2. The number of pyridine rings is 1. The van der Waals surface area contributed by atoms with Gasteiger partial charge in [-0.2, -0.15) is 0 Å². The van der Waals surface area contributed by atoms with Gasteiger partial charge in [-0.05, 0) is 49.1 Å². The first-order chi connectivity index (χ1) is 14.1. The number of carbonyl (C=O) groups is 2. The van der Waals surface area contributed by atoms with Gasteiger partial charge in [0.2, 0.25) is 11.8 Å². The van der Waals surface area contributed by atoms with Crippen molar-refractivity contribution < 1.29 is 9.59 Å². The standard InChI is InChI=1S/C23H21N3O3/c27-21-11-14(13-26(21)16-5-2-1-3-6-16)22(28)24-15-9-10-18-17-7-4-8-19(17)23(29)25-20(18)12-15/h1-3,5-6,9-10,12,14H,4,7-8,11,13H2,(H,24,28)(H,25,29). The molecule has 0 saturated carbocycles. The van der Waals surface area contributed by atoms with Gasteiger partial charge in [-0.1, -0.05) is 24.3 Å². The van der Waals surface area contributed by atoms with E-state index in [1.165, 1.54) is 0 Å². The maximum Gasteiger partial charge on any atom is 0.251 e. The first-order valence-corrected chi connectivity index (χ1v) is 9.94. The van der Waals surface area contributed by atoms with Crippen molar-refractivity contribution in [3.8, 4) is 0 Å². The molecule has 146 valence electrons. The fraction of sp³-hybridized carbons (Fsp3) is 0.261. The van der Waals surface area contributed by atoms with Crippen molar-refractivity contribution in [2.24, 2.45) is 5.92 Å². The van der Waals surface area contributed by atoms with E-state index in [0.717, 1.165) is 47.0 Å². The third-order valence-electron chi connectivity index (χ3n) is 5.92. The van der Waals surface area contributed by atoms with Gasteiger partial charge in [0.1, 0.15) is 0 Å². The summed E-state index contributed by atoms with van der Waals surface area (Å²) in [4.78, 5) is 42.0. The van der Waals surface area contributed by atoms with Crippen molar-refractivity contribution in [1.29, 1.82) is 0 Å². The van der Waals surface area contributed by atoms with Gasteiger partial charge in [0.15, 0.2) is 0 Å². The Hall–Kier alpha value is -3.41. The molecule has 1 aromatic heterocycles. The van der Waals surface area contributed by atoms with Crippen molar-refractivity contribution in [2.45, 2.75) is 25.7 Å². The largest absolute Gasteiger partial charge is 0.326 e. The molecule has 0 bridgehead atoms. The minimum Gasteiger partial charge on any atom is -0.326 e. The molecular weight excluding hydrogens is 366 g/mol. The van der Waals surface area contributed by atoms with E-state index in [-0.39, 0.29) is 23.8 Å². The maximum absolute atomic E-state index is 12.8. The zero-order chi connectivity index (χ0) is 20.0. The number of nitrogens with one attached hydrogen (secondary N) is 2. The molecule has 1 aliphatic heterocycles. The van der Waals surface area contributed by atoms with Crippen LogP contribution < -0.4 is 15.8 Å². The molecule has 6 nitrogen and oxygen atoms in total. The van der Waals surface area contributed by atoms with Gasteiger partial charge in [0, 0.05) is 35.3 Å². The molecule has 6 heteroatoms. The van der Waals surface area contributed by atoms with E-state index >= 15 is 0 Å². The lowest BCUT2D eigenvalue weighted by molar-refractivity contribution is -0.122. The number of H-pyrrole nitrogens is 1. The maximum atomic E-state index is 12.8. The minimum atomic E-state index is -0.405. The predicted octanol–water partition coefficient (Wildman–Crippen LogP) is 3.01. The molecule has 2 amide bonds. The van der Waals surface area contributed by atoms with E-state index in [9.17, 15) is 14.4 Å². The number of amides is 2. The van der Waals surface area contributed by atoms with Crippen LogP contribution in [0.15, 0.2) is 53.3 Å². The average Bonchev–Trinajstić information content (AvgIpc) is 3.36. The summed E-state index contributed by atoms with van der Waals surface area (Å²) in [5.74, 6) is -0.633. The second-order valence-corrected chi connectivity index (χ2v) is 7.76. The van der Waals surface area contributed by atoms with Crippen LogP contribution in [0.25, 0.3) is 10.9 Å². The SMILES string of the molecule is O=C(Nc1ccc2c3c(c(=O)[nH]c2c1)CCC3)C1CC(=O)N(c2ccccc2)C1. The highest BCUT2D eigenvalue weighted by Crippen LogP contribution is 2.29. The smallest absolute Gasteiger partial charge is 0.251 e. The van der Waals surface area contributed by atoms with Crippen molar-refractivity contribution in [3.05, 3.63) is 70.0 Å². The van der Waals surface area contributed by atoms with Crippen LogP contribution in [0.4, 0.5) is 11.4 Å². The molecule has 2 heterocycles. The minimum absolute atomic E-state index is 0.0339. The van der Waals surface area contributed by atoms with Gasteiger partial charge in [0.05, 0.1) is 11.4 Å². The number of aromatic nitrogens is 1. The number of nitrogens with zero attached hydrogens (tertiary/aromatic N) is 1. The lowest BCUT2D eigenvalue weighted by Crippen LogP contribution is -2.28. The van der Waals surface area contributed by atoms with Crippen LogP contribution in [-0.2, 0) is 22.4 Å². The van der Waals surface area contributed by atoms with Gasteiger partial charge in [-0.3, -0.25) is 14.4 Å². The van der Waals surface area contributed by atoms with Crippen LogP contribution in [0.1, 0.15) is 24.0 Å². The highest BCUT2D eigenvalue weighted by molar-refractivity contribution is 6.04. The van der Waals surface area contributed by atoms with E-state index in [2.05, 4.69) is 10.3 Å². The molecule has 2 aliphatic rings. The summed E-state index contributed by atoms with van der Waals surface area (Å²) in [6.45, 7) is 0.368. The van der Waals surface area contributed by atoms with Crippen LogP contribution in [0.3, 0.4) is 0 Å². The molecule has 5 rings (SSSR count). The van der Waals surface area contributed by atoms with E-state index in [4.69, 9.17) is 0 Å². The van der Waals surface area contributed by atoms with Crippen molar-refractivity contribution in [2.75, 3.05) is 16.8 Å². The van der Waals surface area contributed by atoms with Crippen LogP contribution in [-0.4, -0.2) is 23.3 Å². The number of rotatable bonds is 3. The van der Waals surface area contributed by atoms with Gasteiger partial charge in [-0.25, -0.2) is 0 Å². The fourth-order valence-corrected chi connectivity index (χ4v) is 4.46. The Morgan fingerprint density at radius 1 is 1.03 bits per heavy atom. The number of fused-ring (bicyclic) bond motifs is 3. The van der Waals surface area contributed by atoms with Crippen molar-refractivity contribution in [1.82, 2.24) is 4.98 Å². The van der Waals surface area contributed by atoms with E-state index in [1.54, 1.807) is 11.0 Å². The molecule has 29 heavy (non-hydrogen) atoms. The van der Waals surface area contributed by atoms with Crippen LogP contribution >= 0.6 is 0 Å². The molecule has 1 atom stereocenters. The number of aromatic amines is 1. The number of anilines is 2. The summed E-state index contributed by atoms with van der Waals surface area (Å²) < 4.78 is 0. The summed E-state index contributed by atoms with van der Waals surface area (Å²) >= 11 is 0. The summed E-state index contributed by atoms with van der Waals surface area (Å²) in [5.41, 5.74) is 4.16. The first kappa shape index (κ1) is 17.7. The first-order valence-electron chi connectivity index (χ1n) is 9.94. The van der Waals surface area contributed by atoms with Gasteiger partial charge in [0.25, 0.3) is 5.56 Å². The quantitative estimate of drug-likeness (QED) is 0.725. The van der Waals surface area contributed by atoms with E-state index in [0.29, 0.717) is 12.2 Å². The van der Waals surface area contributed by atoms with E-state index < -0.39 is 5.92 Å². The van der Waals surface area contributed by atoms with Gasteiger partial charge in [-0.15, -0.1) is 0 Å². The molecule has 1 saturated heterocycles. The number of hydrogen-bond donors (Lipinski definition) is 2. The second kappa shape index (κ2) is 6.88. The second-order valence-electron chi connectivity index (χ2n) is 7.76. The predicted molar refractivity (Wildman–Crippen MR) is 112 cm³/mol. The summed E-state index contributed by atoms with van der Waals surface area (Å²) in [6, 6.07) is 15.0. The Bertz CT molecular complexity index is 1180. The zero-order valence-corrected chi connectivity index (χ0v) is 15.9. The third kappa shape index (κ3) is 3.10. The molecule has 0 radical (unpaired) electrons. The van der Waals surface area contributed by atoms with Crippen molar-refractivity contribution in [3.63, 3.8) is 0 Å². The Morgan fingerprint density at radius 2 is 1.83 bits per heavy atom. The molecule has 1 unspecified atom stereocenters. The Balaban J connectivity index is 1.36. The molecule has 0 spiro atoms. The lowest BCUT2D eigenvalue weighted by Gasteiger charge is -2.16. The van der Waals surface area contributed by atoms with Crippen molar-refractivity contribution >= 4 is 34.1 Å². The highest BCUT2D eigenvalue weighted by Gasteiger charge is 2.35. The monoisotopic (exact) mass is 387 g/mol. The Kier molecular flexibility index (Phi) is 4.19. The third-order valence-corrected chi connectivity index (χ3v) is 5.92. The molecular formula is C23H21N3O3. The Morgan fingerprint density at radius 3 is 2.66 bits per heavy atom. The molecule has 2 aromatic carbocycles. The van der Waals surface area contributed by atoms with Crippen LogP contribution in [0.5, 0.6) is 0 Å². The molecule has 2 N–H and O–H groups in total. The van der Waals surface area contributed by atoms with Gasteiger partial charge >= 0.3 is 0 Å². The topological polar surface area (TPSA) is 82.3 Å². The molecule has 1 aliphatic carbocycles. The number of hydrogen-bond acceptors (Lipinski definition) is 3. The average molecular weight is 387 g/mol. The number of para-hydroxylation sites is 1. The molecule has 1 fully saturated rings. The number of aryl methyl sites for hydroxylation is 1. The van der Waals surface area contributed by atoms with Crippen LogP contribution in [0.2, 0.25) is 0 Å². The Labute approximate surface area is 167 Å². The summed E-state index contributed by atoms with van der Waals surface area (Å²) in [6.07, 6.45) is 2.94. The fourth-order valence-electron chi connectivity index (χ4n) is 4.46. The summed E-state index contributed by atoms with van der Waals surface area (Å²) in [7, 11) is 0. The highest BCUT2D eigenvalue weighted by atomic mass is 16.2. The van der Waals surface area contributed by atoms with E-state index in [1.807, 2.05) is 42.5 Å². The number of benzene rings is 2. The van der Waals surface area contributed by atoms with Gasteiger partial charge < -0.3 is 15.2 Å².